The summed E-state index contributed by atoms with van der Waals surface area (Å²) in [7, 11) is 0. The van der Waals surface area contributed by atoms with E-state index >= 15 is 0 Å². The molecule has 5 heteroatoms. The Kier molecular flexibility index (Phi) is 9.07. The van der Waals surface area contributed by atoms with Crippen LogP contribution in [0.15, 0.2) is 72.8 Å². The highest BCUT2D eigenvalue weighted by molar-refractivity contribution is 5.88. The first-order chi connectivity index (χ1) is 16.7. The number of rotatable bonds is 10. The lowest BCUT2D eigenvalue weighted by atomic mass is 10.0. The highest BCUT2D eigenvalue weighted by Gasteiger charge is 2.31. The largest absolute Gasteiger partial charge is 0.483 e. The van der Waals surface area contributed by atoms with Gasteiger partial charge in [0.25, 0.3) is 5.91 Å². The van der Waals surface area contributed by atoms with Gasteiger partial charge in [-0.25, -0.2) is 0 Å². The van der Waals surface area contributed by atoms with Gasteiger partial charge in [-0.1, -0.05) is 72.3 Å². The summed E-state index contributed by atoms with van der Waals surface area (Å²) in [6.45, 7) is 10.0. The maximum absolute atomic E-state index is 13.7. The van der Waals surface area contributed by atoms with Gasteiger partial charge in [0, 0.05) is 19.0 Å². The fourth-order valence-corrected chi connectivity index (χ4v) is 4.09. The van der Waals surface area contributed by atoms with Crippen molar-refractivity contribution in [2.75, 3.05) is 6.61 Å². The molecule has 1 N–H and O–H groups in total. The molecule has 0 fully saturated rings. The molecule has 0 aromatic heterocycles. The van der Waals surface area contributed by atoms with Crippen molar-refractivity contribution in [3.05, 3.63) is 101 Å². The van der Waals surface area contributed by atoms with Crippen LogP contribution in [0.3, 0.4) is 0 Å². The molecule has 184 valence electrons. The van der Waals surface area contributed by atoms with Crippen LogP contribution >= 0.6 is 0 Å². The van der Waals surface area contributed by atoms with Crippen LogP contribution in [0.25, 0.3) is 0 Å². The molecule has 0 bridgehead atoms. The smallest absolute Gasteiger partial charge is 0.261 e. The molecule has 1 atom stereocenters. The molecule has 0 radical (unpaired) electrons. The summed E-state index contributed by atoms with van der Waals surface area (Å²) in [4.78, 5) is 28.7. The minimum atomic E-state index is -0.672. The molecule has 0 aliphatic heterocycles. The van der Waals surface area contributed by atoms with Crippen molar-refractivity contribution in [1.82, 2.24) is 10.2 Å². The van der Waals surface area contributed by atoms with E-state index in [0.717, 1.165) is 27.8 Å². The van der Waals surface area contributed by atoms with Gasteiger partial charge >= 0.3 is 0 Å². The maximum Gasteiger partial charge on any atom is 0.261 e. The minimum Gasteiger partial charge on any atom is -0.483 e. The standard InChI is InChI=1S/C30H36N2O3/c1-21(2)31-30(34)27(18-25-12-7-6-8-13-25)32(19-26-14-10-9-11-23(26)4)29(33)20-35-28-16-15-22(3)17-24(28)5/h6-17,21,27H,18-20H2,1-5H3,(H,31,34)/t27-/m1/s1. The maximum atomic E-state index is 13.7. The van der Waals surface area contributed by atoms with Gasteiger partial charge in [0.2, 0.25) is 5.91 Å². The van der Waals surface area contributed by atoms with Crippen LogP contribution in [-0.4, -0.2) is 35.4 Å². The summed E-state index contributed by atoms with van der Waals surface area (Å²) in [5.41, 5.74) is 5.18. The Morgan fingerprint density at radius 3 is 2.23 bits per heavy atom. The first kappa shape index (κ1) is 26.0. The molecule has 3 aromatic rings. The third kappa shape index (κ3) is 7.44. The molecule has 0 unspecified atom stereocenters. The molecule has 0 heterocycles. The van der Waals surface area contributed by atoms with Gasteiger partial charge in [-0.2, -0.15) is 0 Å². The number of ether oxygens (including phenoxy) is 1. The predicted molar refractivity (Wildman–Crippen MR) is 140 cm³/mol. The van der Waals surface area contributed by atoms with Crippen molar-refractivity contribution >= 4 is 11.8 Å². The SMILES string of the molecule is Cc1ccc(OCC(=O)N(Cc2ccccc2C)[C@H](Cc2ccccc2)C(=O)NC(C)C)c(C)c1. The van der Waals surface area contributed by atoms with E-state index in [9.17, 15) is 9.59 Å². The van der Waals surface area contributed by atoms with Crippen LogP contribution in [0.5, 0.6) is 5.75 Å². The Balaban J connectivity index is 1.93. The van der Waals surface area contributed by atoms with E-state index in [1.165, 1.54) is 0 Å². The predicted octanol–water partition coefficient (Wildman–Crippen LogP) is 5.16. The molecular weight excluding hydrogens is 436 g/mol. The number of nitrogens with one attached hydrogen (secondary N) is 1. The van der Waals surface area contributed by atoms with E-state index in [1.54, 1.807) is 4.90 Å². The molecule has 3 aromatic carbocycles. The quantitative estimate of drug-likeness (QED) is 0.444. The lowest BCUT2D eigenvalue weighted by molar-refractivity contribution is -0.143. The molecule has 5 nitrogen and oxygen atoms in total. The molecule has 0 saturated heterocycles. The lowest BCUT2D eigenvalue weighted by Gasteiger charge is -2.32. The van der Waals surface area contributed by atoms with E-state index in [2.05, 4.69) is 5.32 Å². The molecule has 0 aliphatic rings. The number of benzene rings is 3. The second-order valence-electron chi connectivity index (χ2n) is 9.37. The van der Waals surface area contributed by atoms with Crippen molar-refractivity contribution in [3.8, 4) is 5.75 Å². The second-order valence-corrected chi connectivity index (χ2v) is 9.37. The molecule has 0 spiro atoms. The first-order valence-electron chi connectivity index (χ1n) is 12.1. The summed E-state index contributed by atoms with van der Waals surface area (Å²) >= 11 is 0. The molecule has 0 aliphatic carbocycles. The zero-order valence-electron chi connectivity index (χ0n) is 21.4. The highest BCUT2D eigenvalue weighted by atomic mass is 16.5. The van der Waals surface area contributed by atoms with Gasteiger partial charge in [-0.05, 0) is 62.9 Å². The van der Waals surface area contributed by atoms with E-state index in [-0.39, 0.29) is 24.5 Å². The average molecular weight is 473 g/mol. The third-order valence-electron chi connectivity index (χ3n) is 5.99. The zero-order chi connectivity index (χ0) is 25.4. The molecule has 2 amide bonds. The Hall–Kier alpha value is -3.60. The van der Waals surface area contributed by atoms with Crippen LogP contribution in [0, 0.1) is 20.8 Å². The number of hydrogen-bond donors (Lipinski definition) is 1. The van der Waals surface area contributed by atoms with E-state index in [4.69, 9.17) is 4.74 Å². The Bertz CT molecular complexity index is 1140. The number of aryl methyl sites for hydroxylation is 3. The molecule has 0 saturated carbocycles. The summed E-state index contributed by atoms with van der Waals surface area (Å²) < 4.78 is 5.94. The van der Waals surface area contributed by atoms with E-state index in [1.807, 2.05) is 107 Å². The number of carbonyl (C=O) groups is 2. The van der Waals surface area contributed by atoms with E-state index in [0.29, 0.717) is 18.7 Å². The average Bonchev–Trinajstić information content (AvgIpc) is 2.82. The Morgan fingerprint density at radius 2 is 1.57 bits per heavy atom. The summed E-state index contributed by atoms with van der Waals surface area (Å²) in [6, 6.07) is 22.9. The normalized spacial score (nSPS) is 11.7. The number of nitrogens with zero attached hydrogens (tertiary/aromatic N) is 1. The highest BCUT2D eigenvalue weighted by Crippen LogP contribution is 2.21. The zero-order valence-corrected chi connectivity index (χ0v) is 21.4. The van der Waals surface area contributed by atoms with Crippen molar-refractivity contribution in [2.45, 2.75) is 59.7 Å². The molecular formula is C30H36N2O3. The van der Waals surface area contributed by atoms with Gasteiger partial charge in [0.05, 0.1) is 0 Å². The van der Waals surface area contributed by atoms with Crippen LogP contribution < -0.4 is 10.1 Å². The number of carbonyl (C=O) groups excluding carboxylic acids is 2. The number of hydrogen-bond acceptors (Lipinski definition) is 3. The first-order valence-corrected chi connectivity index (χ1v) is 12.1. The van der Waals surface area contributed by atoms with Gasteiger partial charge in [0.1, 0.15) is 11.8 Å². The van der Waals surface area contributed by atoms with Crippen LogP contribution in [0.1, 0.15) is 41.7 Å². The number of amides is 2. The Labute approximate surface area is 209 Å². The van der Waals surface area contributed by atoms with Crippen molar-refractivity contribution in [2.24, 2.45) is 0 Å². The van der Waals surface area contributed by atoms with Crippen molar-refractivity contribution in [3.63, 3.8) is 0 Å². The van der Waals surface area contributed by atoms with Crippen molar-refractivity contribution < 1.29 is 14.3 Å². The Morgan fingerprint density at radius 1 is 0.886 bits per heavy atom. The van der Waals surface area contributed by atoms with Gasteiger partial charge in [-0.15, -0.1) is 0 Å². The fourth-order valence-electron chi connectivity index (χ4n) is 4.09. The van der Waals surface area contributed by atoms with Gasteiger partial charge < -0.3 is 15.0 Å². The van der Waals surface area contributed by atoms with Crippen LogP contribution in [0.4, 0.5) is 0 Å². The fraction of sp³-hybridized carbons (Fsp3) is 0.333. The topological polar surface area (TPSA) is 58.6 Å². The van der Waals surface area contributed by atoms with Gasteiger partial charge in [-0.3, -0.25) is 9.59 Å². The molecule has 3 rings (SSSR count). The monoisotopic (exact) mass is 472 g/mol. The van der Waals surface area contributed by atoms with Gasteiger partial charge in [0.15, 0.2) is 6.61 Å². The minimum absolute atomic E-state index is 0.0392. The van der Waals surface area contributed by atoms with Crippen LogP contribution in [-0.2, 0) is 22.6 Å². The summed E-state index contributed by atoms with van der Waals surface area (Å²) in [5, 5.41) is 3.01. The second kappa shape index (κ2) is 12.2. The van der Waals surface area contributed by atoms with E-state index < -0.39 is 6.04 Å². The third-order valence-corrected chi connectivity index (χ3v) is 5.99. The summed E-state index contributed by atoms with van der Waals surface area (Å²) in [5.74, 6) is 0.274. The molecule has 35 heavy (non-hydrogen) atoms. The van der Waals surface area contributed by atoms with Crippen molar-refractivity contribution in [1.29, 1.82) is 0 Å². The van der Waals surface area contributed by atoms with Crippen LogP contribution in [0.2, 0.25) is 0 Å². The lowest BCUT2D eigenvalue weighted by Crippen LogP contribution is -2.53. The summed E-state index contributed by atoms with van der Waals surface area (Å²) in [6.07, 6.45) is 0.417.